The summed E-state index contributed by atoms with van der Waals surface area (Å²) in [7, 11) is 5.14. The van der Waals surface area contributed by atoms with Gasteiger partial charge in [0.05, 0.1) is 32.9 Å². The van der Waals surface area contributed by atoms with Gasteiger partial charge < -0.3 is 25.0 Å². The van der Waals surface area contributed by atoms with Crippen molar-refractivity contribution in [2.75, 3.05) is 40.9 Å². The Bertz CT molecular complexity index is 630. The molecule has 1 aliphatic carbocycles. The van der Waals surface area contributed by atoms with Gasteiger partial charge in [-0.15, -0.1) is 24.0 Å². The summed E-state index contributed by atoms with van der Waals surface area (Å²) in [6, 6.07) is 7.81. The molecule has 7 nitrogen and oxygen atoms in total. The van der Waals surface area contributed by atoms with Crippen LogP contribution in [0.1, 0.15) is 44.1 Å². The number of nitrogens with one attached hydrogen (secondary N) is 2. The summed E-state index contributed by atoms with van der Waals surface area (Å²) in [6.07, 6.45) is 7.88. The van der Waals surface area contributed by atoms with Crippen LogP contribution in [-0.4, -0.2) is 63.8 Å². The fourth-order valence-corrected chi connectivity index (χ4v) is 3.20. The first-order valence-electron chi connectivity index (χ1n) is 10.6. The molecule has 0 radical (unpaired) electrons. The van der Waals surface area contributed by atoms with E-state index in [1.807, 2.05) is 24.3 Å². The second-order valence-electron chi connectivity index (χ2n) is 7.57. The lowest BCUT2D eigenvalue weighted by atomic mass is 10.1. The van der Waals surface area contributed by atoms with Crippen molar-refractivity contribution in [1.29, 1.82) is 0 Å². The van der Waals surface area contributed by atoms with Crippen LogP contribution in [0.2, 0.25) is 0 Å². The molecule has 170 valence electrons. The third kappa shape index (κ3) is 10.5. The van der Waals surface area contributed by atoms with Crippen molar-refractivity contribution in [2.24, 2.45) is 4.99 Å². The van der Waals surface area contributed by atoms with Crippen LogP contribution in [0.4, 0.5) is 0 Å². The van der Waals surface area contributed by atoms with Gasteiger partial charge in [0.2, 0.25) is 5.91 Å². The monoisotopic (exact) mass is 532 g/mol. The number of halogens is 1. The zero-order valence-electron chi connectivity index (χ0n) is 18.5. The molecule has 1 amide bonds. The van der Waals surface area contributed by atoms with Crippen molar-refractivity contribution in [1.82, 2.24) is 15.5 Å². The Labute approximate surface area is 198 Å². The average Bonchev–Trinajstić information content (AvgIpc) is 3.01. The highest BCUT2D eigenvalue weighted by Crippen LogP contribution is 2.19. The number of amides is 1. The smallest absolute Gasteiger partial charge is 0.241 e. The summed E-state index contributed by atoms with van der Waals surface area (Å²) in [5, 5.41) is 6.39. The van der Waals surface area contributed by atoms with Gasteiger partial charge in [0, 0.05) is 20.6 Å². The fourth-order valence-electron chi connectivity index (χ4n) is 3.20. The van der Waals surface area contributed by atoms with Crippen LogP contribution in [0.15, 0.2) is 29.3 Å². The van der Waals surface area contributed by atoms with Gasteiger partial charge in [-0.3, -0.25) is 4.79 Å². The van der Waals surface area contributed by atoms with Crippen LogP contribution in [0, 0.1) is 0 Å². The van der Waals surface area contributed by atoms with E-state index in [9.17, 15) is 4.79 Å². The first-order valence-corrected chi connectivity index (χ1v) is 10.6. The van der Waals surface area contributed by atoms with Crippen molar-refractivity contribution in [3.05, 3.63) is 29.8 Å². The van der Waals surface area contributed by atoms with Gasteiger partial charge in [0.25, 0.3) is 0 Å². The van der Waals surface area contributed by atoms with Crippen molar-refractivity contribution in [3.8, 4) is 5.75 Å². The molecule has 1 aliphatic rings. The van der Waals surface area contributed by atoms with Gasteiger partial charge in [0.15, 0.2) is 5.96 Å². The zero-order valence-corrected chi connectivity index (χ0v) is 20.8. The molecule has 0 aliphatic heterocycles. The largest absolute Gasteiger partial charge is 0.497 e. The molecular formula is C22H37IN4O3. The van der Waals surface area contributed by atoms with E-state index in [4.69, 9.17) is 9.47 Å². The number of benzene rings is 1. The number of hydrogen-bond donors (Lipinski definition) is 2. The average molecular weight is 532 g/mol. The normalized spacial score (nSPS) is 15.0. The molecule has 2 rings (SSSR count). The number of carbonyl (C=O) groups is 1. The lowest BCUT2D eigenvalue weighted by molar-refractivity contribution is -0.127. The minimum Gasteiger partial charge on any atom is -0.497 e. The number of nitrogens with zero attached hydrogens (tertiary/aromatic N) is 2. The first kappa shape index (κ1) is 26.5. The Morgan fingerprint density at radius 3 is 2.37 bits per heavy atom. The molecule has 1 fully saturated rings. The summed E-state index contributed by atoms with van der Waals surface area (Å²) in [6.45, 7) is 2.00. The highest BCUT2D eigenvalue weighted by atomic mass is 127. The summed E-state index contributed by atoms with van der Waals surface area (Å²) in [5.41, 5.74) is 1.07. The molecule has 0 aromatic heterocycles. The van der Waals surface area contributed by atoms with Crippen molar-refractivity contribution < 1.29 is 14.3 Å². The Hall–Kier alpha value is -1.55. The summed E-state index contributed by atoms with van der Waals surface area (Å²) in [5.74, 6) is 1.43. The number of likely N-dealkylation sites (N-methyl/N-ethyl adjacent to an activating group) is 1. The number of carbonyl (C=O) groups excluding carboxylic acids is 1. The molecule has 0 bridgehead atoms. The van der Waals surface area contributed by atoms with E-state index in [0.29, 0.717) is 31.8 Å². The number of guanidine groups is 1. The van der Waals surface area contributed by atoms with Gasteiger partial charge >= 0.3 is 0 Å². The molecule has 0 spiro atoms. The number of ether oxygens (including phenoxy) is 2. The van der Waals surface area contributed by atoms with Gasteiger partial charge in [-0.2, -0.15) is 0 Å². The molecule has 1 aromatic rings. The Balaban J connectivity index is 0.00000450. The quantitative estimate of drug-likeness (QED) is 0.168. The molecule has 0 heterocycles. The molecular weight excluding hydrogens is 495 g/mol. The Kier molecular flexibility index (Phi) is 13.5. The maximum atomic E-state index is 11.9. The van der Waals surface area contributed by atoms with E-state index in [1.165, 1.54) is 25.7 Å². The number of rotatable bonds is 9. The highest BCUT2D eigenvalue weighted by molar-refractivity contribution is 14.0. The fraction of sp³-hybridized carbons (Fsp3) is 0.636. The van der Waals surface area contributed by atoms with Gasteiger partial charge in [-0.1, -0.05) is 37.8 Å². The van der Waals surface area contributed by atoms with E-state index in [2.05, 4.69) is 15.6 Å². The molecule has 1 saturated carbocycles. The first-order chi connectivity index (χ1) is 14.1. The number of hydrogen-bond acceptors (Lipinski definition) is 4. The maximum absolute atomic E-state index is 11.9. The van der Waals surface area contributed by atoms with Crippen molar-refractivity contribution in [2.45, 2.75) is 51.2 Å². The topological polar surface area (TPSA) is 75.2 Å². The van der Waals surface area contributed by atoms with Crippen LogP contribution in [0.5, 0.6) is 5.75 Å². The predicted molar refractivity (Wildman–Crippen MR) is 132 cm³/mol. The number of methoxy groups -OCH3 is 1. The molecule has 1 aromatic carbocycles. The van der Waals surface area contributed by atoms with Crippen LogP contribution in [0.25, 0.3) is 0 Å². The Morgan fingerprint density at radius 1 is 1.10 bits per heavy atom. The summed E-state index contributed by atoms with van der Waals surface area (Å²) < 4.78 is 11.2. The predicted octanol–water partition coefficient (Wildman–Crippen LogP) is 3.18. The van der Waals surface area contributed by atoms with E-state index >= 15 is 0 Å². The summed E-state index contributed by atoms with van der Waals surface area (Å²) >= 11 is 0. The second kappa shape index (κ2) is 15.3. The molecule has 2 N–H and O–H groups in total. The molecule has 30 heavy (non-hydrogen) atoms. The van der Waals surface area contributed by atoms with Crippen LogP contribution in [0.3, 0.4) is 0 Å². The summed E-state index contributed by atoms with van der Waals surface area (Å²) in [4.78, 5) is 18.1. The van der Waals surface area contributed by atoms with Gasteiger partial charge in [0.1, 0.15) is 5.75 Å². The SMILES string of the molecule is COc1ccc(CN=C(NCCOC2CCCCCC2)NCC(=O)N(C)C)cc1.I. The van der Waals surface area contributed by atoms with E-state index < -0.39 is 0 Å². The van der Waals surface area contributed by atoms with E-state index in [0.717, 1.165) is 24.2 Å². The minimum absolute atomic E-state index is 0. The van der Waals surface area contributed by atoms with Crippen molar-refractivity contribution in [3.63, 3.8) is 0 Å². The second-order valence-corrected chi connectivity index (χ2v) is 7.57. The van der Waals surface area contributed by atoms with E-state index in [-0.39, 0.29) is 36.4 Å². The molecule has 0 unspecified atom stereocenters. The van der Waals surface area contributed by atoms with Gasteiger partial charge in [-0.05, 0) is 30.5 Å². The highest BCUT2D eigenvalue weighted by Gasteiger charge is 2.12. The standard InChI is InChI=1S/C22H36N4O3.HI/c1-26(2)21(27)17-25-22(24-16-18-10-12-19(28-3)13-11-18)23-14-15-29-20-8-6-4-5-7-9-20;/h10-13,20H,4-9,14-17H2,1-3H3,(H2,23,24,25);1H. The van der Waals surface area contributed by atoms with Crippen molar-refractivity contribution >= 4 is 35.8 Å². The van der Waals surface area contributed by atoms with Gasteiger partial charge in [-0.25, -0.2) is 4.99 Å². The maximum Gasteiger partial charge on any atom is 0.241 e. The number of aliphatic imine (C=N–C) groups is 1. The zero-order chi connectivity index (χ0) is 20.9. The Morgan fingerprint density at radius 2 is 1.77 bits per heavy atom. The third-order valence-corrected chi connectivity index (χ3v) is 5.03. The van der Waals surface area contributed by atoms with Crippen LogP contribution < -0.4 is 15.4 Å². The van der Waals surface area contributed by atoms with Crippen LogP contribution >= 0.6 is 24.0 Å². The minimum atomic E-state index is -0.00125. The lowest BCUT2D eigenvalue weighted by Gasteiger charge is -2.17. The molecule has 8 heteroatoms. The molecule has 0 atom stereocenters. The van der Waals surface area contributed by atoms with Crippen LogP contribution in [-0.2, 0) is 16.1 Å². The van der Waals surface area contributed by atoms with E-state index in [1.54, 1.807) is 26.1 Å². The molecule has 0 saturated heterocycles. The lowest BCUT2D eigenvalue weighted by Crippen LogP contribution is -2.44. The third-order valence-electron chi connectivity index (χ3n) is 5.03.